The molecule has 0 spiro atoms. The molecule has 1 aromatic carbocycles. The molecular formula is C11H18N2O4S. The molecule has 2 atom stereocenters. The van der Waals surface area contributed by atoms with Crippen molar-refractivity contribution in [1.29, 1.82) is 0 Å². The summed E-state index contributed by atoms with van der Waals surface area (Å²) in [4.78, 5) is 0.0637. The van der Waals surface area contributed by atoms with Crippen LogP contribution in [0.2, 0.25) is 0 Å². The van der Waals surface area contributed by atoms with Gasteiger partial charge in [0.05, 0.1) is 17.6 Å². The molecule has 102 valence electrons. The molecule has 0 aromatic heterocycles. The Labute approximate surface area is 106 Å². The summed E-state index contributed by atoms with van der Waals surface area (Å²) in [7, 11) is -3.67. The molecule has 0 fully saturated rings. The van der Waals surface area contributed by atoms with Crippen LogP contribution in [0.25, 0.3) is 0 Å². The number of hydrogen-bond acceptors (Lipinski definition) is 5. The summed E-state index contributed by atoms with van der Waals surface area (Å²) in [5, 5.41) is 25.9. The fourth-order valence-corrected chi connectivity index (χ4v) is 1.96. The predicted molar refractivity (Wildman–Crippen MR) is 67.3 cm³/mol. The smallest absolute Gasteiger partial charge is 0.238 e. The standard InChI is InChI=1S/C11H18N2O4S/c1-8(13-6-10(15)7-14)9-2-4-11(5-3-9)18(12,16)17/h2-5,8,10,13-15H,6-7H2,1H3,(H2,12,16,17). The van der Waals surface area contributed by atoms with Gasteiger partial charge in [0.25, 0.3) is 0 Å². The SMILES string of the molecule is CC(NCC(O)CO)c1ccc(S(N)(=O)=O)cc1. The molecule has 0 saturated carbocycles. The highest BCUT2D eigenvalue weighted by Crippen LogP contribution is 2.15. The van der Waals surface area contributed by atoms with Crippen LogP contribution in [0.3, 0.4) is 0 Å². The van der Waals surface area contributed by atoms with Crippen LogP contribution < -0.4 is 10.5 Å². The molecule has 0 aliphatic heterocycles. The number of benzene rings is 1. The zero-order valence-corrected chi connectivity index (χ0v) is 10.9. The number of sulfonamides is 1. The average Bonchev–Trinajstić information content (AvgIpc) is 2.34. The molecule has 0 aliphatic rings. The minimum atomic E-state index is -3.67. The number of aliphatic hydroxyl groups is 2. The van der Waals surface area contributed by atoms with Gasteiger partial charge in [-0.05, 0) is 24.6 Å². The van der Waals surface area contributed by atoms with Gasteiger partial charge in [-0.15, -0.1) is 0 Å². The van der Waals surface area contributed by atoms with Crippen molar-refractivity contribution in [3.63, 3.8) is 0 Å². The lowest BCUT2D eigenvalue weighted by molar-refractivity contribution is 0.0924. The first-order chi connectivity index (χ1) is 8.34. The lowest BCUT2D eigenvalue weighted by atomic mass is 10.1. The highest BCUT2D eigenvalue weighted by molar-refractivity contribution is 7.89. The molecule has 1 aromatic rings. The molecule has 0 bridgehead atoms. The van der Waals surface area contributed by atoms with E-state index < -0.39 is 16.1 Å². The maximum absolute atomic E-state index is 11.1. The Morgan fingerprint density at radius 2 is 1.89 bits per heavy atom. The third kappa shape index (κ3) is 4.35. The lowest BCUT2D eigenvalue weighted by Gasteiger charge is -2.16. The first kappa shape index (κ1) is 15.1. The molecule has 5 N–H and O–H groups in total. The van der Waals surface area contributed by atoms with Gasteiger partial charge < -0.3 is 15.5 Å². The summed E-state index contributed by atoms with van der Waals surface area (Å²) >= 11 is 0. The zero-order valence-electron chi connectivity index (χ0n) is 10.1. The summed E-state index contributed by atoms with van der Waals surface area (Å²) in [6, 6.07) is 6.11. The van der Waals surface area contributed by atoms with E-state index in [0.717, 1.165) is 5.56 Å². The fourth-order valence-electron chi connectivity index (χ4n) is 1.44. The normalized spacial score (nSPS) is 15.3. The quantitative estimate of drug-likeness (QED) is 0.550. The first-order valence-electron chi connectivity index (χ1n) is 5.49. The molecule has 6 nitrogen and oxygen atoms in total. The van der Waals surface area contributed by atoms with E-state index in [1.807, 2.05) is 6.92 Å². The summed E-state index contributed by atoms with van der Waals surface area (Å²) < 4.78 is 22.1. The second-order valence-corrected chi connectivity index (χ2v) is 5.64. The molecular weight excluding hydrogens is 256 g/mol. The van der Waals surface area contributed by atoms with Gasteiger partial charge in [-0.2, -0.15) is 0 Å². The van der Waals surface area contributed by atoms with Crippen LogP contribution >= 0.6 is 0 Å². The Balaban J connectivity index is 2.68. The maximum atomic E-state index is 11.1. The molecule has 0 aliphatic carbocycles. The van der Waals surface area contributed by atoms with E-state index in [2.05, 4.69) is 5.32 Å². The minimum absolute atomic E-state index is 0.0637. The largest absolute Gasteiger partial charge is 0.394 e. The topological polar surface area (TPSA) is 113 Å². The first-order valence-corrected chi connectivity index (χ1v) is 7.04. The third-order valence-corrected chi connectivity index (χ3v) is 3.51. The number of rotatable bonds is 6. The average molecular weight is 274 g/mol. The number of hydrogen-bond donors (Lipinski definition) is 4. The highest BCUT2D eigenvalue weighted by Gasteiger charge is 2.10. The van der Waals surface area contributed by atoms with Gasteiger partial charge in [-0.3, -0.25) is 0 Å². The van der Waals surface area contributed by atoms with Crippen molar-refractivity contribution in [2.45, 2.75) is 24.0 Å². The van der Waals surface area contributed by atoms with E-state index in [1.165, 1.54) is 12.1 Å². The predicted octanol–water partition coefficient (Wildman–Crippen LogP) is -0.662. The van der Waals surface area contributed by atoms with Crippen LogP contribution in [0.15, 0.2) is 29.2 Å². The van der Waals surface area contributed by atoms with Crippen molar-refractivity contribution >= 4 is 10.0 Å². The van der Waals surface area contributed by atoms with Crippen LogP contribution in [0, 0.1) is 0 Å². The monoisotopic (exact) mass is 274 g/mol. The Bertz CT molecular complexity index is 472. The highest BCUT2D eigenvalue weighted by atomic mass is 32.2. The van der Waals surface area contributed by atoms with E-state index >= 15 is 0 Å². The molecule has 7 heteroatoms. The third-order valence-electron chi connectivity index (χ3n) is 2.58. The minimum Gasteiger partial charge on any atom is -0.394 e. The Morgan fingerprint density at radius 1 is 1.33 bits per heavy atom. The van der Waals surface area contributed by atoms with E-state index in [4.69, 9.17) is 10.2 Å². The van der Waals surface area contributed by atoms with Crippen molar-refractivity contribution in [2.24, 2.45) is 5.14 Å². The van der Waals surface area contributed by atoms with Gasteiger partial charge in [-0.25, -0.2) is 13.6 Å². The van der Waals surface area contributed by atoms with Gasteiger partial charge >= 0.3 is 0 Å². The van der Waals surface area contributed by atoms with E-state index in [-0.39, 0.29) is 24.1 Å². The van der Waals surface area contributed by atoms with Crippen molar-refractivity contribution in [3.05, 3.63) is 29.8 Å². The van der Waals surface area contributed by atoms with Crippen molar-refractivity contribution < 1.29 is 18.6 Å². The summed E-state index contributed by atoms with van der Waals surface area (Å²) in [6.45, 7) is 1.83. The molecule has 18 heavy (non-hydrogen) atoms. The van der Waals surface area contributed by atoms with Crippen molar-refractivity contribution in [2.75, 3.05) is 13.2 Å². The lowest BCUT2D eigenvalue weighted by Crippen LogP contribution is -2.31. The van der Waals surface area contributed by atoms with Crippen LogP contribution in [-0.2, 0) is 10.0 Å². The van der Waals surface area contributed by atoms with Gasteiger partial charge in [0.2, 0.25) is 10.0 Å². The van der Waals surface area contributed by atoms with Gasteiger partial charge in [0, 0.05) is 12.6 Å². The van der Waals surface area contributed by atoms with Gasteiger partial charge in [-0.1, -0.05) is 12.1 Å². The second-order valence-electron chi connectivity index (χ2n) is 4.08. The van der Waals surface area contributed by atoms with Gasteiger partial charge in [0.15, 0.2) is 0 Å². The Hall–Kier alpha value is -0.990. The number of primary sulfonamides is 1. The van der Waals surface area contributed by atoms with Crippen molar-refractivity contribution in [3.8, 4) is 0 Å². The second kappa shape index (κ2) is 6.26. The summed E-state index contributed by atoms with van der Waals surface area (Å²) in [5.41, 5.74) is 0.868. The number of aliphatic hydroxyl groups excluding tert-OH is 2. The van der Waals surface area contributed by atoms with Gasteiger partial charge in [0.1, 0.15) is 0 Å². The zero-order chi connectivity index (χ0) is 13.8. The Morgan fingerprint density at radius 3 is 2.33 bits per heavy atom. The maximum Gasteiger partial charge on any atom is 0.238 e. The molecule has 1 rings (SSSR count). The number of nitrogens with two attached hydrogens (primary N) is 1. The number of nitrogens with one attached hydrogen (secondary N) is 1. The molecule has 2 unspecified atom stereocenters. The molecule has 0 saturated heterocycles. The summed E-state index contributed by atoms with van der Waals surface area (Å²) in [5.74, 6) is 0. The van der Waals surface area contributed by atoms with Crippen LogP contribution in [-0.4, -0.2) is 37.9 Å². The van der Waals surface area contributed by atoms with Crippen LogP contribution in [0.4, 0.5) is 0 Å². The van der Waals surface area contributed by atoms with E-state index in [0.29, 0.717) is 0 Å². The molecule has 0 radical (unpaired) electrons. The Kier molecular flexibility index (Phi) is 5.24. The van der Waals surface area contributed by atoms with E-state index in [1.54, 1.807) is 12.1 Å². The fraction of sp³-hybridized carbons (Fsp3) is 0.455. The molecule has 0 heterocycles. The van der Waals surface area contributed by atoms with Crippen molar-refractivity contribution in [1.82, 2.24) is 5.32 Å². The molecule has 0 amide bonds. The summed E-state index contributed by atoms with van der Waals surface area (Å²) in [6.07, 6.45) is -0.809. The van der Waals surface area contributed by atoms with E-state index in [9.17, 15) is 13.5 Å². The van der Waals surface area contributed by atoms with Crippen LogP contribution in [0.1, 0.15) is 18.5 Å². The van der Waals surface area contributed by atoms with Crippen LogP contribution in [0.5, 0.6) is 0 Å².